The lowest BCUT2D eigenvalue weighted by atomic mass is 10.1. The van der Waals surface area contributed by atoms with Gasteiger partial charge in [-0.3, -0.25) is 4.79 Å². The van der Waals surface area contributed by atoms with Crippen molar-refractivity contribution in [1.29, 1.82) is 0 Å². The molecule has 20 heavy (non-hydrogen) atoms. The van der Waals surface area contributed by atoms with Gasteiger partial charge in [-0.25, -0.2) is 0 Å². The molecule has 4 N–H and O–H groups in total. The second kappa shape index (κ2) is 5.36. The molecule has 0 aromatic heterocycles. The van der Waals surface area contributed by atoms with Crippen molar-refractivity contribution in [3.05, 3.63) is 59.4 Å². The topological polar surface area (TPSA) is 98.0 Å². The van der Waals surface area contributed by atoms with Crippen LogP contribution < -0.4 is 0 Å². The Bertz CT molecular complexity index is 674. The lowest BCUT2D eigenvalue weighted by Gasteiger charge is -2.06. The van der Waals surface area contributed by atoms with Gasteiger partial charge in [0.15, 0.2) is 17.3 Å². The highest BCUT2D eigenvalue weighted by atomic mass is 16.3. The van der Waals surface area contributed by atoms with Crippen molar-refractivity contribution in [2.45, 2.75) is 0 Å². The van der Waals surface area contributed by atoms with Gasteiger partial charge in [-0.15, -0.1) is 0 Å². The van der Waals surface area contributed by atoms with Gasteiger partial charge in [0.05, 0.1) is 5.56 Å². The van der Waals surface area contributed by atoms with E-state index in [1.54, 1.807) is 30.3 Å². The molecule has 0 amide bonds. The van der Waals surface area contributed by atoms with Crippen molar-refractivity contribution >= 4 is 11.9 Å². The highest BCUT2D eigenvalue weighted by Crippen LogP contribution is 2.37. The second-order valence-electron chi connectivity index (χ2n) is 4.10. The summed E-state index contributed by atoms with van der Waals surface area (Å²) < 4.78 is 0. The lowest BCUT2D eigenvalue weighted by molar-refractivity contribution is 0.0977. The van der Waals surface area contributed by atoms with Crippen LogP contribution in [-0.4, -0.2) is 26.2 Å². The molecule has 0 radical (unpaired) electrons. The van der Waals surface area contributed by atoms with E-state index in [0.717, 1.165) is 12.1 Å². The molecule has 102 valence electrons. The summed E-state index contributed by atoms with van der Waals surface area (Å²) in [7, 11) is 0. The van der Waals surface area contributed by atoms with Crippen molar-refractivity contribution in [3.8, 4) is 17.2 Å². The van der Waals surface area contributed by atoms with E-state index in [2.05, 4.69) is 0 Å². The summed E-state index contributed by atoms with van der Waals surface area (Å²) in [4.78, 5) is 12.0. The molecule has 2 rings (SSSR count). The van der Waals surface area contributed by atoms with Gasteiger partial charge in [0.25, 0.3) is 0 Å². The van der Waals surface area contributed by atoms with Gasteiger partial charge >= 0.3 is 0 Å². The molecule has 2 aromatic rings. The normalized spacial score (nSPS) is 11.3. The van der Waals surface area contributed by atoms with E-state index in [1.807, 2.05) is 0 Å². The molecule has 0 heterocycles. The van der Waals surface area contributed by atoms with Gasteiger partial charge in [0.1, 0.15) is 0 Å². The van der Waals surface area contributed by atoms with E-state index < -0.39 is 28.8 Å². The van der Waals surface area contributed by atoms with E-state index in [1.165, 1.54) is 6.08 Å². The first kappa shape index (κ1) is 13.5. The van der Waals surface area contributed by atoms with Gasteiger partial charge in [-0.2, -0.15) is 0 Å². The zero-order valence-corrected chi connectivity index (χ0v) is 10.3. The van der Waals surface area contributed by atoms with Crippen LogP contribution in [0.5, 0.6) is 17.2 Å². The molecular formula is C15H12O5. The number of phenols is 3. The van der Waals surface area contributed by atoms with Gasteiger partial charge in [0, 0.05) is 0 Å². The number of carbonyl (C=O) groups is 1. The molecule has 5 nitrogen and oxygen atoms in total. The average Bonchev–Trinajstić information content (AvgIpc) is 2.45. The Labute approximate surface area is 114 Å². The van der Waals surface area contributed by atoms with Crippen LogP contribution in [0.1, 0.15) is 15.9 Å². The van der Waals surface area contributed by atoms with Gasteiger partial charge in [-0.1, -0.05) is 30.3 Å². The van der Waals surface area contributed by atoms with Crippen LogP contribution in [0, 0.1) is 0 Å². The van der Waals surface area contributed by atoms with Gasteiger partial charge in [0.2, 0.25) is 11.5 Å². The third-order valence-electron chi connectivity index (χ3n) is 2.71. The number of aromatic hydroxyl groups is 3. The SMILES string of the molecule is O=C(C(O)=Cc1ccccc1)c1ccc(O)c(O)c1O. The Morgan fingerprint density at radius 3 is 2.20 bits per heavy atom. The van der Waals surface area contributed by atoms with Gasteiger partial charge < -0.3 is 20.4 Å². The number of carbonyl (C=O) groups excluding carboxylic acids is 1. The minimum absolute atomic E-state index is 0.301. The Balaban J connectivity index is 2.37. The third-order valence-corrected chi connectivity index (χ3v) is 2.71. The molecule has 0 fully saturated rings. The molecular weight excluding hydrogens is 260 g/mol. The maximum absolute atomic E-state index is 12.0. The Morgan fingerprint density at radius 2 is 1.55 bits per heavy atom. The molecule has 0 saturated carbocycles. The van der Waals surface area contributed by atoms with Crippen LogP contribution in [0.3, 0.4) is 0 Å². The Kier molecular flexibility index (Phi) is 3.61. The van der Waals surface area contributed by atoms with Crippen molar-refractivity contribution in [2.24, 2.45) is 0 Å². The highest BCUT2D eigenvalue weighted by Gasteiger charge is 2.19. The number of allylic oxidation sites excluding steroid dienone is 1. The average molecular weight is 272 g/mol. The van der Waals surface area contributed by atoms with Crippen molar-refractivity contribution in [3.63, 3.8) is 0 Å². The standard InChI is InChI=1S/C15H12O5/c16-11-7-6-10(14(19)15(11)20)13(18)12(17)8-9-4-2-1-3-5-9/h1-8,16-17,19-20H. The molecule has 0 aliphatic heterocycles. The van der Waals surface area contributed by atoms with Crippen molar-refractivity contribution in [2.75, 3.05) is 0 Å². The number of benzene rings is 2. The molecule has 2 aromatic carbocycles. The first-order valence-corrected chi connectivity index (χ1v) is 5.75. The van der Waals surface area contributed by atoms with E-state index >= 15 is 0 Å². The third kappa shape index (κ3) is 2.56. The smallest absolute Gasteiger partial charge is 0.231 e. The van der Waals surface area contributed by atoms with E-state index in [0.29, 0.717) is 5.56 Å². The molecule has 0 aliphatic rings. The van der Waals surface area contributed by atoms with Crippen LogP contribution in [0.15, 0.2) is 48.2 Å². The first-order chi connectivity index (χ1) is 9.50. The minimum Gasteiger partial charge on any atom is -0.504 e. The predicted octanol–water partition coefficient (Wildman–Crippen LogP) is 2.59. The number of hydrogen-bond acceptors (Lipinski definition) is 5. The van der Waals surface area contributed by atoms with Crippen LogP contribution >= 0.6 is 0 Å². The maximum atomic E-state index is 12.0. The molecule has 0 aliphatic carbocycles. The molecule has 5 heteroatoms. The summed E-state index contributed by atoms with van der Waals surface area (Å²) in [6.07, 6.45) is 1.24. The largest absolute Gasteiger partial charge is 0.504 e. The maximum Gasteiger partial charge on any atom is 0.231 e. The van der Waals surface area contributed by atoms with Crippen molar-refractivity contribution < 1.29 is 25.2 Å². The minimum atomic E-state index is -0.860. The van der Waals surface area contributed by atoms with Crippen LogP contribution in [0.25, 0.3) is 6.08 Å². The summed E-state index contributed by atoms with van der Waals surface area (Å²) in [5.74, 6) is -3.57. The van der Waals surface area contributed by atoms with E-state index in [-0.39, 0.29) is 5.56 Å². The number of aliphatic hydroxyl groups excluding tert-OH is 1. The summed E-state index contributed by atoms with van der Waals surface area (Å²) >= 11 is 0. The number of aliphatic hydroxyl groups is 1. The zero-order chi connectivity index (χ0) is 14.7. The van der Waals surface area contributed by atoms with Crippen molar-refractivity contribution in [1.82, 2.24) is 0 Å². The summed E-state index contributed by atoms with van der Waals surface area (Å²) in [5, 5.41) is 37.9. The van der Waals surface area contributed by atoms with E-state index in [9.17, 15) is 25.2 Å². The number of hydrogen-bond donors (Lipinski definition) is 4. The quantitative estimate of drug-likeness (QED) is 0.298. The highest BCUT2D eigenvalue weighted by molar-refractivity contribution is 6.11. The number of ketones is 1. The van der Waals surface area contributed by atoms with Crippen LogP contribution in [0.2, 0.25) is 0 Å². The summed E-state index contributed by atoms with van der Waals surface area (Å²) in [5.41, 5.74) is 0.311. The molecule has 0 atom stereocenters. The number of phenolic OH excluding ortho intramolecular Hbond substituents is 3. The Morgan fingerprint density at radius 1 is 0.900 bits per heavy atom. The van der Waals surface area contributed by atoms with Crippen LogP contribution in [0.4, 0.5) is 0 Å². The molecule has 0 bridgehead atoms. The fraction of sp³-hybridized carbons (Fsp3) is 0. The number of Topliss-reactive ketones (excluding diaryl/α,β-unsaturated/α-hetero) is 1. The first-order valence-electron chi connectivity index (χ1n) is 5.75. The Hall–Kier alpha value is -2.95. The number of rotatable bonds is 3. The van der Waals surface area contributed by atoms with Gasteiger partial charge in [-0.05, 0) is 23.8 Å². The monoisotopic (exact) mass is 272 g/mol. The molecule has 0 saturated heterocycles. The fourth-order valence-electron chi connectivity index (χ4n) is 1.66. The fourth-order valence-corrected chi connectivity index (χ4v) is 1.66. The summed E-state index contributed by atoms with van der Waals surface area (Å²) in [6.45, 7) is 0. The molecule has 0 spiro atoms. The predicted molar refractivity (Wildman–Crippen MR) is 72.8 cm³/mol. The van der Waals surface area contributed by atoms with Crippen LogP contribution in [-0.2, 0) is 0 Å². The lowest BCUT2D eigenvalue weighted by Crippen LogP contribution is -2.03. The second-order valence-corrected chi connectivity index (χ2v) is 4.10. The molecule has 0 unspecified atom stereocenters. The zero-order valence-electron chi connectivity index (χ0n) is 10.3. The summed E-state index contributed by atoms with van der Waals surface area (Å²) in [6, 6.07) is 10.8. The van der Waals surface area contributed by atoms with E-state index in [4.69, 9.17) is 0 Å².